The molecule has 1 aliphatic rings. The summed E-state index contributed by atoms with van der Waals surface area (Å²) < 4.78 is 47.6. The van der Waals surface area contributed by atoms with E-state index in [1.165, 1.54) is 161 Å². The molecule has 14 heteroatoms. The Labute approximate surface area is 378 Å². The Bertz CT molecular complexity index is 1130. The van der Waals surface area contributed by atoms with E-state index in [0.29, 0.717) is 19.3 Å². The van der Waals surface area contributed by atoms with Gasteiger partial charge in [-0.2, -0.15) is 8.42 Å². The van der Waals surface area contributed by atoms with Crippen LogP contribution >= 0.6 is 0 Å². The summed E-state index contributed by atoms with van der Waals surface area (Å²) in [6.45, 7) is 3.30. The molecule has 1 fully saturated rings. The van der Waals surface area contributed by atoms with Gasteiger partial charge in [-0.1, -0.05) is 226 Å². The second kappa shape index (κ2) is 39.2. The predicted molar refractivity (Wildman–Crippen MR) is 247 cm³/mol. The second-order valence-electron chi connectivity index (χ2n) is 18.3. The number of carbonyl (C=O) groups is 1. The highest BCUT2D eigenvalue weighted by molar-refractivity contribution is 7.80. The van der Waals surface area contributed by atoms with Crippen LogP contribution in [0.15, 0.2) is 0 Å². The molecule has 0 aliphatic carbocycles. The Morgan fingerprint density at radius 3 is 1.29 bits per heavy atom. The van der Waals surface area contributed by atoms with Crippen LogP contribution in [0, 0.1) is 0 Å². The lowest BCUT2D eigenvalue weighted by molar-refractivity contribution is -0.298. The zero-order chi connectivity index (χ0) is 45.7. The van der Waals surface area contributed by atoms with Gasteiger partial charge in [0.15, 0.2) is 6.29 Å². The van der Waals surface area contributed by atoms with Crippen molar-refractivity contribution >= 4 is 16.3 Å². The molecule has 8 atom stereocenters. The highest BCUT2D eigenvalue weighted by Gasteiger charge is 2.48. The molecule has 7 N–H and O–H groups in total. The van der Waals surface area contributed by atoms with Crippen molar-refractivity contribution in [1.82, 2.24) is 5.32 Å². The Morgan fingerprint density at radius 1 is 0.581 bits per heavy atom. The summed E-state index contributed by atoms with van der Waals surface area (Å²) in [5.74, 6) is -0.666. The van der Waals surface area contributed by atoms with Crippen LogP contribution in [0.5, 0.6) is 0 Å². The van der Waals surface area contributed by atoms with Crippen LogP contribution in [-0.2, 0) is 28.9 Å². The number of amides is 1. The molecule has 0 radical (unpaired) electrons. The number of ether oxygens (including phenoxy) is 2. The summed E-state index contributed by atoms with van der Waals surface area (Å²) in [4.78, 5) is 13.1. The van der Waals surface area contributed by atoms with Crippen LogP contribution in [0.4, 0.5) is 0 Å². The van der Waals surface area contributed by atoms with E-state index in [-0.39, 0.29) is 6.42 Å². The van der Waals surface area contributed by atoms with Crippen LogP contribution in [0.3, 0.4) is 0 Å². The van der Waals surface area contributed by atoms with Crippen LogP contribution in [0.2, 0.25) is 0 Å². The molecule has 0 bridgehead atoms. The van der Waals surface area contributed by atoms with Crippen LogP contribution < -0.4 is 5.32 Å². The van der Waals surface area contributed by atoms with Gasteiger partial charge >= 0.3 is 10.4 Å². The zero-order valence-corrected chi connectivity index (χ0v) is 40.1. The van der Waals surface area contributed by atoms with Gasteiger partial charge in [0, 0.05) is 0 Å². The predicted octanol–water partition coefficient (Wildman–Crippen LogP) is 9.53. The van der Waals surface area contributed by atoms with Gasteiger partial charge in [-0.25, -0.2) is 4.18 Å². The summed E-state index contributed by atoms with van der Waals surface area (Å²) in [5, 5.41) is 55.5. The van der Waals surface area contributed by atoms with Crippen molar-refractivity contribution in [2.75, 3.05) is 13.2 Å². The normalized spacial score (nSPS) is 20.9. The summed E-state index contributed by atoms with van der Waals surface area (Å²) in [5.41, 5.74) is 0. The van der Waals surface area contributed by atoms with Gasteiger partial charge in [0.1, 0.15) is 30.5 Å². The maximum atomic E-state index is 13.1. The van der Waals surface area contributed by atoms with E-state index in [9.17, 15) is 43.3 Å². The standard InChI is InChI=1S/C48H95NO12S/c1-3-5-7-9-11-13-15-17-18-19-20-21-22-23-24-25-27-28-30-32-34-36-41(51)40(39-59-48-45(54)46(61-62(56,57)58)44(53)43(38-50)60-48)49-47(55)42(52)37-35-33-31-29-26-16-14-12-10-8-6-4-2/h40-46,48,50-54H,3-39H2,1-2H3,(H,49,55)(H,56,57,58). The molecule has 62 heavy (non-hydrogen) atoms. The molecule has 13 nitrogen and oxygen atoms in total. The summed E-state index contributed by atoms with van der Waals surface area (Å²) in [6, 6.07) is -1.03. The summed E-state index contributed by atoms with van der Waals surface area (Å²) >= 11 is 0. The second-order valence-corrected chi connectivity index (χ2v) is 19.3. The molecule has 0 saturated carbocycles. The maximum absolute atomic E-state index is 13.1. The molecule has 0 spiro atoms. The monoisotopic (exact) mass is 910 g/mol. The summed E-state index contributed by atoms with van der Waals surface area (Å²) in [6.07, 6.45) is 30.0. The van der Waals surface area contributed by atoms with E-state index in [2.05, 4.69) is 23.3 Å². The molecular weight excluding hydrogens is 815 g/mol. The van der Waals surface area contributed by atoms with Crippen molar-refractivity contribution in [3.63, 3.8) is 0 Å². The fourth-order valence-electron chi connectivity index (χ4n) is 8.47. The highest BCUT2D eigenvalue weighted by Crippen LogP contribution is 2.26. The third-order valence-corrected chi connectivity index (χ3v) is 13.0. The molecule has 1 amide bonds. The molecule has 1 heterocycles. The van der Waals surface area contributed by atoms with Crippen molar-refractivity contribution in [3.8, 4) is 0 Å². The fraction of sp³-hybridized carbons (Fsp3) is 0.979. The highest BCUT2D eigenvalue weighted by atomic mass is 32.3. The van der Waals surface area contributed by atoms with E-state index in [1.54, 1.807) is 0 Å². The lowest BCUT2D eigenvalue weighted by Gasteiger charge is -2.41. The first-order valence-corrected chi connectivity index (χ1v) is 26.9. The quantitative estimate of drug-likeness (QED) is 0.0225. The number of hydrogen-bond donors (Lipinski definition) is 7. The molecule has 370 valence electrons. The molecule has 8 unspecified atom stereocenters. The molecule has 1 saturated heterocycles. The fourth-order valence-corrected chi connectivity index (χ4v) is 8.98. The first kappa shape index (κ1) is 59.1. The Morgan fingerprint density at radius 2 is 0.935 bits per heavy atom. The molecule has 0 aromatic rings. The molecule has 0 aromatic heterocycles. The van der Waals surface area contributed by atoms with Gasteiger partial charge < -0.3 is 40.3 Å². The zero-order valence-electron chi connectivity index (χ0n) is 39.3. The first-order chi connectivity index (χ1) is 29.9. The Hall–Kier alpha value is -0.940. The Balaban J connectivity index is 2.46. The number of nitrogens with one attached hydrogen (secondary N) is 1. The van der Waals surface area contributed by atoms with E-state index < -0.39 is 78.5 Å². The van der Waals surface area contributed by atoms with E-state index in [4.69, 9.17) is 9.47 Å². The van der Waals surface area contributed by atoms with Gasteiger partial charge in [-0.15, -0.1) is 0 Å². The lowest BCUT2D eigenvalue weighted by atomic mass is 9.99. The molecular formula is C48H95NO12S. The number of hydrogen-bond acceptors (Lipinski definition) is 11. The van der Waals surface area contributed by atoms with Crippen LogP contribution in [0.25, 0.3) is 0 Å². The third-order valence-electron chi connectivity index (χ3n) is 12.5. The number of aliphatic hydroxyl groups is 5. The maximum Gasteiger partial charge on any atom is 0.397 e. The van der Waals surface area contributed by atoms with Crippen molar-refractivity contribution in [2.45, 2.75) is 288 Å². The number of carbonyl (C=O) groups excluding carboxylic acids is 1. The average molecular weight is 910 g/mol. The van der Waals surface area contributed by atoms with Crippen LogP contribution in [-0.4, -0.2) is 107 Å². The first-order valence-electron chi connectivity index (χ1n) is 25.5. The minimum atomic E-state index is -5.11. The molecule has 1 rings (SSSR count). The summed E-state index contributed by atoms with van der Waals surface area (Å²) in [7, 11) is -5.11. The van der Waals surface area contributed by atoms with Crippen molar-refractivity contribution in [2.24, 2.45) is 0 Å². The van der Waals surface area contributed by atoms with Gasteiger partial charge in [0.25, 0.3) is 0 Å². The van der Waals surface area contributed by atoms with Crippen molar-refractivity contribution in [1.29, 1.82) is 0 Å². The van der Waals surface area contributed by atoms with Gasteiger partial charge in [0.2, 0.25) is 5.91 Å². The third kappa shape index (κ3) is 31.1. The smallest absolute Gasteiger partial charge is 0.394 e. The van der Waals surface area contributed by atoms with E-state index >= 15 is 0 Å². The molecule has 1 aliphatic heterocycles. The molecule has 0 aromatic carbocycles. The minimum Gasteiger partial charge on any atom is -0.394 e. The number of unbranched alkanes of at least 4 members (excludes halogenated alkanes) is 31. The number of rotatable bonds is 44. The Kier molecular flexibility index (Phi) is 37.4. The largest absolute Gasteiger partial charge is 0.397 e. The van der Waals surface area contributed by atoms with Crippen molar-refractivity contribution < 1.29 is 57.0 Å². The lowest BCUT2D eigenvalue weighted by Crippen LogP contribution is -2.61. The SMILES string of the molecule is CCCCCCCCCCCCCCCCCCCCCCCC(O)C(COC1OC(CO)C(O)C(OS(=O)(=O)O)C1O)NC(=O)C(O)CCCCCCCCCCCCCC. The topological polar surface area (TPSA) is 212 Å². The van der Waals surface area contributed by atoms with E-state index in [1.807, 2.05) is 0 Å². The van der Waals surface area contributed by atoms with Crippen LogP contribution in [0.1, 0.15) is 239 Å². The minimum absolute atomic E-state index is 0.265. The number of aliphatic hydroxyl groups excluding tert-OH is 5. The van der Waals surface area contributed by atoms with Gasteiger partial charge in [-0.3, -0.25) is 9.35 Å². The van der Waals surface area contributed by atoms with E-state index in [0.717, 1.165) is 38.5 Å². The van der Waals surface area contributed by atoms with Crippen molar-refractivity contribution in [3.05, 3.63) is 0 Å². The van der Waals surface area contributed by atoms with Gasteiger partial charge in [-0.05, 0) is 12.8 Å². The van der Waals surface area contributed by atoms with Gasteiger partial charge in [0.05, 0.1) is 25.4 Å². The average Bonchev–Trinajstić information content (AvgIpc) is 3.24.